The molecule has 0 spiro atoms. The fraction of sp³-hybridized carbons (Fsp3) is 0.417. The van der Waals surface area contributed by atoms with E-state index in [9.17, 15) is 19.1 Å². The fourth-order valence-corrected chi connectivity index (χ4v) is 3.37. The lowest BCUT2D eigenvalue weighted by molar-refractivity contribution is 0.0693. The van der Waals surface area contributed by atoms with Crippen molar-refractivity contribution in [3.63, 3.8) is 0 Å². The number of rotatable bonds is 13. The third kappa shape index (κ3) is 6.12. The van der Waals surface area contributed by atoms with Crippen molar-refractivity contribution in [2.75, 3.05) is 20.8 Å². The summed E-state index contributed by atoms with van der Waals surface area (Å²) in [6.45, 7) is 2.27. The van der Waals surface area contributed by atoms with Gasteiger partial charge in [0.15, 0.2) is 17.3 Å². The first-order valence-corrected chi connectivity index (χ1v) is 10.5. The van der Waals surface area contributed by atoms with Gasteiger partial charge in [-0.05, 0) is 43.9 Å². The molecule has 0 bridgehead atoms. The number of methoxy groups -OCH3 is 2. The second-order valence-electron chi connectivity index (χ2n) is 7.26. The lowest BCUT2D eigenvalue weighted by Crippen LogP contribution is -2.06. The third-order valence-corrected chi connectivity index (χ3v) is 5.05. The Morgan fingerprint density at radius 1 is 0.969 bits per heavy atom. The second kappa shape index (κ2) is 11.9. The van der Waals surface area contributed by atoms with Crippen molar-refractivity contribution in [1.82, 2.24) is 0 Å². The number of phenols is 1. The smallest absolute Gasteiger partial charge is 0.339 e. The summed E-state index contributed by atoms with van der Waals surface area (Å²) in [6, 6.07) is 5.36. The number of hydrogen-bond donors (Lipinski definition) is 2. The number of unbranched alkanes of at least 4 members (excludes halogenated alkanes) is 2. The molecular formula is C24H29FO7. The molecule has 0 aliphatic rings. The van der Waals surface area contributed by atoms with Gasteiger partial charge in [-0.1, -0.05) is 13.3 Å². The fourth-order valence-electron chi connectivity index (χ4n) is 3.37. The normalized spacial score (nSPS) is 10.6. The standard InChI is InChI=1S/C24H29FO7/c1-4-8-15-20(11-10-16(23(15)27)24(28)29)32-12-7-5-6-9-19(26)17-13-21(30-2)22(31-3)14-18(17)25/h10-11,13-14,27H,4-9,12H2,1-3H3,(H,28,29). The molecule has 0 aliphatic carbocycles. The van der Waals surface area contributed by atoms with Crippen molar-refractivity contribution < 1.29 is 38.4 Å². The Hall–Kier alpha value is -3.29. The number of aromatic hydroxyl groups is 1. The number of ketones is 1. The minimum Gasteiger partial charge on any atom is -0.507 e. The lowest BCUT2D eigenvalue weighted by atomic mass is 10.0. The minimum atomic E-state index is -1.19. The summed E-state index contributed by atoms with van der Waals surface area (Å²) in [4.78, 5) is 23.6. The van der Waals surface area contributed by atoms with Crippen molar-refractivity contribution >= 4 is 11.8 Å². The number of Topliss-reactive ketones (excluding diaryl/α,β-unsaturated/α-hetero) is 1. The van der Waals surface area contributed by atoms with E-state index in [4.69, 9.17) is 19.3 Å². The lowest BCUT2D eigenvalue weighted by Gasteiger charge is -2.14. The second-order valence-corrected chi connectivity index (χ2v) is 7.26. The van der Waals surface area contributed by atoms with E-state index in [0.717, 1.165) is 12.5 Å². The molecule has 0 aliphatic heterocycles. The Balaban J connectivity index is 1.87. The first-order valence-electron chi connectivity index (χ1n) is 10.5. The topological polar surface area (TPSA) is 102 Å². The largest absolute Gasteiger partial charge is 0.507 e. The maximum Gasteiger partial charge on any atom is 0.339 e. The zero-order valence-corrected chi connectivity index (χ0v) is 18.6. The molecule has 2 aromatic carbocycles. The zero-order chi connectivity index (χ0) is 23.7. The predicted molar refractivity (Wildman–Crippen MR) is 117 cm³/mol. The molecule has 32 heavy (non-hydrogen) atoms. The van der Waals surface area contributed by atoms with Crippen LogP contribution >= 0.6 is 0 Å². The maximum atomic E-state index is 14.2. The van der Waals surface area contributed by atoms with Crippen LogP contribution in [0, 0.1) is 5.82 Å². The molecule has 0 heterocycles. The van der Waals surface area contributed by atoms with E-state index in [1.807, 2.05) is 6.92 Å². The van der Waals surface area contributed by atoms with Crippen molar-refractivity contribution in [1.29, 1.82) is 0 Å². The van der Waals surface area contributed by atoms with Crippen LogP contribution in [-0.4, -0.2) is 42.8 Å². The Kier molecular flexibility index (Phi) is 9.31. The van der Waals surface area contributed by atoms with Gasteiger partial charge >= 0.3 is 5.97 Å². The summed E-state index contributed by atoms with van der Waals surface area (Å²) in [7, 11) is 2.82. The highest BCUT2D eigenvalue weighted by molar-refractivity contribution is 5.97. The van der Waals surface area contributed by atoms with Crippen LogP contribution < -0.4 is 14.2 Å². The highest BCUT2D eigenvalue weighted by Crippen LogP contribution is 2.33. The minimum absolute atomic E-state index is 0.0305. The van der Waals surface area contributed by atoms with Crippen LogP contribution in [0.1, 0.15) is 65.3 Å². The van der Waals surface area contributed by atoms with Crippen LogP contribution in [0.3, 0.4) is 0 Å². The number of carbonyl (C=O) groups is 2. The van der Waals surface area contributed by atoms with E-state index in [-0.39, 0.29) is 34.8 Å². The molecule has 8 heteroatoms. The van der Waals surface area contributed by atoms with Gasteiger partial charge in [0.2, 0.25) is 0 Å². The molecule has 0 saturated heterocycles. The molecular weight excluding hydrogens is 419 g/mol. The average Bonchev–Trinajstić information content (AvgIpc) is 2.77. The van der Waals surface area contributed by atoms with Gasteiger partial charge in [-0.3, -0.25) is 4.79 Å². The molecule has 0 saturated carbocycles. The summed E-state index contributed by atoms with van der Waals surface area (Å²) >= 11 is 0. The van der Waals surface area contributed by atoms with Crippen molar-refractivity contribution in [3.8, 4) is 23.0 Å². The zero-order valence-electron chi connectivity index (χ0n) is 18.6. The summed E-state index contributed by atoms with van der Waals surface area (Å²) in [5.74, 6) is -1.44. The first kappa shape index (κ1) is 25.0. The van der Waals surface area contributed by atoms with Gasteiger partial charge in [0.25, 0.3) is 0 Å². The summed E-state index contributed by atoms with van der Waals surface area (Å²) in [6.07, 6.45) is 3.29. The van der Waals surface area contributed by atoms with Gasteiger partial charge in [0.1, 0.15) is 22.9 Å². The quantitative estimate of drug-likeness (QED) is 0.328. The molecule has 0 aromatic heterocycles. The first-order chi connectivity index (χ1) is 15.3. The van der Waals surface area contributed by atoms with Crippen LogP contribution in [0.4, 0.5) is 4.39 Å². The van der Waals surface area contributed by atoms with E-state index in [0.29, 0.717) is 49.4 Å². The number of benzene rings is 2. The number of carboxylic acid groups (broad SMARTS) is 1. The molecule has 2 rings (SSSR count). The molecule has 0 unspecified atom stereocenters. The SMILES string of the molecule is CCCc1c(OCCCCCC(=O)c2cc(OC)c(OC)cc2F)ccc(C(=O)O)c1O. The van der Waals surface area contributed by atoms with E-state index in [1.54, 1.807) is 6.07 Å². The summed E-state index contributed by atoms with van der Waals surface area (Å²) in [5.41, 5.74) is 0.297. The Bertz CT molecular complexity index is 956. The molecule has 7 nitrogen and oxygen atoms in total. The number of ether oxygens (including phenoxy) is 3. The molecule has 0 fully saturated rings. The third-order valence-electron chi connectivity index (χ3n) is 5.05. The monoisotopic (exact) mass is 448 g/mol. The molecule has 2 N–H and O–H groups in total. The van der Waals surface area contributed by atoms with Crippen molar-refractivity contribution in [3.05, 3.63) is 46.8 Å². The molecule has 174 valence electrons. The highest BCUT2D eigenvalue weighted by atomic mass is 19.1. The molecule has 0 atom stereocenters. The summed E-state index contributed by atoms with van der Waals surface area (Å²) in [5, 5.41) is 19.4. The van der Waals surface area contributed by atoms with Crippen LogP contribution in [-0.2, 0) is 6.42 Å². The van der Waals surface area contributed by atoms with Crippen LogP contribution in [0.2, 0.25) is 0 Å². The number of aromatic carboxylic acids is 1. The van der Waals surface area contributed by atoms with Crippen LogP contribution in [0.5, 0.6) is 23.0 Å². The molecule has 0 radical (unpaired) electrons. The number of hydrogen-bond acceptors (Lipinski definition) is 6. The number of carbonyl (C=O) groups excluding carboxylic acids is 1. The van der Waals surface area contributed by atoms with Gasteiger partial charge in [0, 0.05) is 18.1 Å². The molecule has 2 aromatic rings. The van der Waals surface area contributed by atoms with Crippen molar-refractivity contribution in [2.45, 2.75) is 45.4 Å². The van der Waals surface area contributed by atoms with E-state index >= 15 is 0 Å². The van der Waals surface area contributed by atoms with E-state index in [2.05, 4.69) is 0 Å². The highest BCUT2D eigenvalue weighted by Gasteiger charge is 2.18. The van der Waals surface area contributed by atoms with Gasteiger partial charge in [0.05, 0.1) is 26.4 Å². The number of carboxylic acids is 1. The van der Waals surface area contributed by atoms with Gasteiger partial charge in [-0.25, -0.2) is 9.18 Å². The predicted octanol–water partition coefficient (Wildman–Crippen LogP) is 5.02. The maximum absolute atomic E-state index is 14.2. The Morgan fingerprint density at radius 3 is 2.28 bits per heavy atom. The average molecular weight is 448 g/mol. The van der Waals surface area contributed by atoms with Crippen LogP contribution in [0.15, 0.2) is 24.3 Å². The summed E-state index contributed by atoms with van der Waals surface area (Å²) < 4.78 is 30.1. The van der Waals surface area contributed by atoms with Gasteiger partial charge < -0.3 is 24.4 Å². The Labute approximate surface area is 186 Å². The van der Waals surface area contributed by atoms with Crippen molar-refractivity contribution in [2.24, 2.45) is 0 Å². The van der Waals surface area contributed by atoms with E-state index in [1.165, 1.54) is 26.4 Å². The Morgan fingerprint density at radius 2 is 1.66 bits per heavy atom. The van der Waals surface area contributed by atoms with Gasteiger partial charge in [-0.2, -0.15) is 0 Å². The van der Waals surface area contributed by atoms with Crippen LogP contribution in [0.25, 0.3) is 0 Å². The molecule has 0 amide bonds. The van der Waals surface area contributed by atoms with Gasteiger partial charge in [-0.15, -0.1) is 0 Å². The number of halogens is 1. The van der Waals surface area contributed by atoms with E-state index < -0.39 is 11.8 Å².